The smallest absolute Gasteiger partial charge is 0.130 e. The summed E-state index contributed by atoms with van der Waals surface area (Å²) in [6, 6.07) is 16.3. The summed E-state index contributed by atoms with van der Waals surface area (Å²) in [7, 11) is 0. The van der Waals surface area contributed by atoms with Crippen LogP contribution < -0.4 is 4.74 Å². The summed E-state index contributed by atoms with van der Waals surface area (Å²) in [5, 5.41) is 3.25. The number of hydrogen-bond donors (Lipinski definition) is 0. The van der Waals surface area contributed by atoms with Crippen molar-refractivity contribution in [1.82, 2.24) is 9.97 Å². The molecule has 0 atom stereocenters. The van der Waals surface area contributed by atoms with Gasteiger partial charge in [-0.2, -0.15) is 0 Å². The molecule has 0 aliphatic rings. The number of nitrogens with zero attached hydrogens (tertiary/aromatic N) is 2. The Morgan fingerprint density at radius 3 is 2.71 bits per heavy atom. The molecule has 3 heteroatoms. The van der Waals surface area contributed by atoms with E-state index in [-0.39, 0.29) is 0 Å². The zero-order chi connectivity index (χ0) is 14.2. The van der Waals surface area contributed by atoms with Gasteiger partial charge in [0.05, 0.1) is 28.5 Å². The van der Waals surface area contributed by atoms with Gasteiger partial charge in [-0.1, -0.05) is 18.2 Å². The van der Waals surface area contributed by atoms with Gasteiger partial charge in [0, 0.05) is 17.0 Å². The van der Waals surface area contributed by atoms with E-state index in [0.717, 1.165) is 38.5 Å². The summed E-state index contributed by atoms with van der Waals surface area (Å²) in [5.74, 6) is 0.866. The summed E-state index contributed by atoms with van der Waals surface area (Å²) in [6.07, 6.45) is 1.79. The molecule has 3 nitrogen and oxygen atoms in total. The highest BCUT2D eigenvalue weighted by atomic mass is 16.5. The number of pyridine rings is 2. The second-order valence-electron chi connectivity index (χ2n) is 4.95. The van der Waals surface area contributed by atoms with Crippen LogP contribution in [-0.2, 0) is 0 Å². The number of rotatable bonds is 2. The molecule has 0 spiro atoms. The fourth-order valence-electron chi connectivity index (χ4n) is 2.75. The first kappa shape index (κ1) is 12.1. The van der Waals surface area contributed by atoms with Crippen molar-refractivity contribution in [2.24, 2.45) is 0 Å². The van der Waals surface area contributed by atoms with E-state index in [4.69, 9.17) is 9.72 Å². The molecule has 4 aromatic rings. The highest BCUT2D eigenvalue weighted by Crippen LogP contribution is 2.32. The molecule has 0 aliphatic heterocycles. The third-order valence-corrected chi connectivity index (χ3v) is 3.66. The molecule has 102 valence electrons. The van der Waals surface area contributed by atoms with Crippen LogP contribution in [0.25, 0.3) is 32.7 Å². The predicted molar refractivity (Wildman–Crippen MR) is 85.7 cm³/mol. The quantitative estimate of drug-likeness (QED) is 0.403. The van der Waals surface area contributed by atoms with Gasteiger partial charge < -0.3 is 4.74 Å². The van der Waals surface area contributed by atoms with Crippen molar-refractivity contribution in [2.45, 2.75) is 6.92 Å². The first-order valence-electron chi connectivity index (χ1n) is 7.07. The Kier molecular flexibility index (Phi) is 2.71. The molecular weight excluding hydrogens is 260 g/mol. The van der Waals surface area contributed by atoms with Gasteiger partial charge in [0.15, 0.2) is 0 Å². The summed E-state index contributed by atoms with van der Waals surface area (Å²) in [6.45, 7) is 2.63. The average Bonchev–Trinajstić information content (AvgIpc) is 2.53. The second kappa shape index (κ2) is 4.70. The molecule has 0 amide bonds. The van der Waals surface area contributed by atoms with Gasteiger partial charge in [-0.05, 0) is 37.3 Å². The maximum atomic E-state index is 5.77. The highest BCUT2D eigenvalue weighted by molar-refractivity contribution is 6.11. The maximum Gasteiger partial charge on any atom is 0.130 e. The van der Waals surface area contributed by atoms with Crippen LogP contribution in [0.4, 0.5) is 0 Å². The van der Waals surface area contributed by atoms with Crippen molar-refractivity contribution < 1.29 is 4.74 Å². The molecule has 0 radical (unpaired) electrons. The van der Waals surface area contributed by atoms with Crippen LogP contribution in [-0.4, -0.2) is 16.6 Å². The zero-order valence-corrected chi connectivity index (χ0v) is 11.7. The SMILES string of the molecule is CCOc1ccnc2ccc3nc4ccccc4cc3c12. The van der Waals surface area contributed by atoms with Crippen molar-refractivity contribution in [3.63, 3.8) is 0 Å². The van der Waals surface area contributed by atoms with E-state index in [9.17, 15) is 0 Å². The van der Waals surface area contributed by atoms with Crippen molar-refractivity contribution in [3.8, 4) is 5.75 Å². The van der Waals surface area contributed by atoms with Crippen molar-refractivity contribution in [1.29, 1.82) is 0 Å². The van der Waals surface area contributed by atoms with Crippen molar-refractivity contribution >= 4 is 32.7 Å². The number of hydrogen-bond acceptors (Lipinski definition) is 3. The van der Waals surface area contributed by atoms with Crippen LogP contribution in [0.1, 0.15) is 6.92 Å². The Morgan fingerprint density at radius 2 is 1.81 bits per heavy atom. The minimum atomic E-state index is 0.635. The van der Waals surface area contributed by atoms with E-state index in [0.29, 0.717) is 6.61 Å². The molecular formula is C18H14N2O. The monoisotopic (exact) mass is 274 g/mol. The third-order valence-electron chi connectivity index (χ3n) is 3.66. The van der Waals surface area contributed by atoms with Gasteiger partial charge in [-0.25, -0.2) is 4.98 Å². The summed E-state index contributed by atoms with van der Waals surface area (Å²) < 4.78 is 5.77. The van der Waals surface area contributed by atoms with Crippen LogP contribution in [0.5, 0.6) is 5.75 Å². The summed E-state index contributed by atoms with van der Waals surface area (Å²) in [4.78, 5) is 9.19. The van der Waals surface area contributed by atoms with Gasteiger partial charge in [0.2, 0.25) is 0 Å². The van der Waals surface area contributed by atoms with Crippen LogP contribution >= 0.6 is 0 Å². The number of benzene rings is 2. The summed E-state index contributed by atoms with van der Waals surface area (Å²) >= 11 is 0. The molecule has 0 saturated carbocycles. The fourth-order valence-corrected chi connectivity index (χ4v) is 2.75. The van der Waals surface area contributed by atoms with Crippen molar-refractivity contribution in [3.05, 3.63) is 54.7 Å². The Morgan fingerprint density at radius 1 is 0.952 bits per heavy atom. The van der Waals surface area contributed by atoms with Crippen LogP contribution in [0.2, 0.25) is 0 Å². The highest BCUT2D eigenvalue weighted by Gasteiger charge is 2.09. The molecule has 0 fully saturated rings. The van der Waals surface area contributed by atoms with Gasteiger partial charge in [0.25, 0.3) is 0 Å². The Hall–Kier alpha value is -2.68. The van der Waals surface area contributed by atoms with Crippen molar-refractivity contribution in [2.75, 3.05) is 6.61 Å². The fraction of sp³-hybridized carbons (Fsp3) is 0.111. The van der Waals surface area contributed by atoms with E-state index in [1.165, 1.54) is 0 Å². The molecule has 21 heavy (non-hydrogen) atoms. The Bertz CT molecular complexity index is 963. The van der Waals surface area contributed by atoms with Crippen LogP contribution in [0, 0.1) is 0 Å². The number of aromatic nitrogens is 2. The first-order chi connectivity index (χ1) is 10.4. The largest absolute Gasteiger partial charge is 0.493 e. The molecule has 0 N–H and O–H groups in total. The lowest BCUT2D eigenvalue weighted by molar-refractivity contribution is 0.344. The molecule has 2 aromatic carbocycles. The summed E-state index contributed by atoms with van der Waals surface area (Å²) in [5.41, 5.74) is 2.91. The van der Waals surface area contributed by atoms with E-state index >= 15 is 0 Å². The molecule has 2 heterocycles. The minimum Gasteiger partial charge on any atom is -0.493 e. The number of para-hydroxylation sites is 1. The lowest BCUT2D eigenvalue weighted by Gasteiger charge is -2.10. The van der Waals surface area contributed by atoms with Crippen LogP contribution in [0.15, 0.2) is 54.7 Å². The van der Waals surface area contributed by atoms with E-state index in [1.54, 1.807) is 6.20 Å². The Balaban J connectivity index is 2.18. The third kappa shape index (κ3) is 1.89. The topological polar surface area (TPSA) is 35.0 Å². The lowest BCUT2D eigenvalue weighted by Crippen LogP contribution is -1.94. The van der Waals surface area contributed by atoms with Gasteiger partial charge in [0.1, 0.15) is 5.75 Å². The van der Waals surface area contributed by atoms with Crippen LogP contribution in [0.3, 0.4) is 0 Å². The van der Waals surface area contributed by atoms with E-state index in [2.05, 4.69) is 17.1 Å². The average molecular weight is 274 g/mol. The predicted octanol–water partition coefficient (Wildman–Crippen LogP) is 4.33. The van der Waals surface area contributed by atoms with Gasteiger partial charge in [-0.15, -0.1) is 0 Å². The Labute approximate surface area is 122 Å². The molecule has 2 aromatic heterocycles. The standard InChI is InChI=1S/C18H14N2O/c1-2-21-17-9-10-19-16-8-7-15-13(18(16)17)11-12-5-3-4-6-14(12)20-15/h3-11H,2H2,1H3. The maximum absolute atomic E-state index is 5.77. The molecule has 4 rings (SSSR count). The molecule has 0 aliphatic carbocycles. The first-order valence-corrected chi connectivity index (χ1v) is 7.07. The van der Waals surface area contributed by atoms with E-state index in [1.807, 2.05) is 43.3 Å². The lowest BCUT2D eigenvalue weighted by atomic mass is 10.1. The number of fused-ring (bicyclic) bond motifs is 4. The molecule has 0 bridgehead atoms. The van der Waals surface area contributed by atoms with Gasteiger partial charge in [-0.3, -0.25) is 4.98 Å². The number of ether oxygens (including phenoxy) is 1. The zero-order valence-electron chi connectivity index (χ0n) is 11.7. The normalized spacial score (nSPS) is 11.3. The van der Waals surface area contributed by atoms with Gasteiger partial charge >= 0.3 is 0 Å². The molecule has 0 unspecified atom stereocenters. The van der Waals surface area contributed by atoms with E-state index < -0.39 is 0 Å². The minimum absolute atomic E-state index is 0.635. The second-order valence-corrected chi connectivity index (χ2v) is 4.95. The molecule has 0 saturated heterocycles.